The zero-order valence-electron chi connectivity index (χ0n) is 8.83. The van der Waals surface area contributed by atoms with Gasteiger partial charge in [0.2, 0.25) is 0 Å². The van der Waals surface area contributed by atoms with Gasteiger partial charge in [0.05, 0.1) is 0 Å². The third kappa shape index (κ3) is 2.66. The fourth-order valence-corrected chi connectivity index (χ4v) is 1.60. The highest BCUT2D eigenvalue weighted by Crippen LogP contribution is 2.07. The van der Waals surface area contributed by atoms with Crippen molar-refractivity contribution in [3.05, 3.63) is 31.6 Å². The fourth-order valence-electron chi connectivity index (χ4n) is 1.14. The topological polar surface area (TPSA) is 54.9 Å². The number of nitrogens with zero attached hydrogens (tertiary/aromatic N) is 1. The van der Waals surface area contributed by atoms with Crippen LogP contribution >= 0.6 is 23.4 Å². The van der Waals surface area contributed by atoms with Crippen molar-refractivity contribution in [2.75, 3.05) is 6.26 Å². The minimum Gasteiger partial charge on any atom is -0.297 e. The summed E-state index contributed by atoms with van der Waals surface area (Å²) in [5.41, 5.74) is -0.384. The summed E-state index contributed by atoms with van der Waals surface area (Å²) >= 11 is 7.29. The van der Waals surface area contributed by atoms with Gasteiger partial charge < -0.3 is 0 Å². The molecule has 0 fully saturated rings. The molecule has 0 spiro atoms. The van der Waals surface area contributed by atoms with E-state index < -0.39 is 5.69 Å². The van der Waals surface area contributed by atoms with Crippen molar-refractivity contribution in [2.24, 2.45) is 0 Å². The molecule has 0 radical (unpaired) electrons. The predicted molar refractivity (Wildman–Crippen MR) is 64.0 cm³/mol. The first-order valence-corrected chi connectivity index (χ1v) is 6.16. The van der Waals surface area contributed by atoms with Gasteiger partial charge in [-0.25, -0.2) is 4.79 Å². The molecule has 0 saturated heterocycles. The van der Waals surface area contributed by atoms with Crippen molar-refractivity contribution in [3.8, 4) is 0 Å². The molecule has 1 unspecified atom stereocenters. The van der Waals surface area contributed by atoms with Gasteiger partial charge in [-0.3, -0.25) is 14.3 Å². The SMILES string of the molecule is CSC(C)Cn1c(=O)[nH]c(Cl)c(C)c1=O. The van der Waals surface area contributed by atoms with E-state index in [0.717, 1.165) is 0 Å². The lowest BCUT2D eigenvalue weighted by Crippen LogP contribution is -2.38. The summed E-state index contributed by atoms with van der Waals surface area (Å²) in [4.78, 5) is 25.6. The van der Waals surface area contributed by atoms with Crippen molar-refractivity contribution < 1.29 is 0 Å². The van der Waals surface area contributed by atoms with Gasteiger partial charge in [-0.15, -0.1) is 0 Å². The van der Waals surface area contributed by atoms with Crippen LogP contribution in [0, 0.1) is 6.92 Å². The summed E-state index contributed by atoms with van der Waals surface area (Å²) in [6.45, 7) is 3.95. The van der Waals surface area contributed by atoms with Gasteiger partial charge in [-0.2, -0.15) is 11.8 Å². The quantitative estimate of drug-likeness (QED) is 0.820. The molecule has 0 saturated carbocycles. The third-order valence-corrected chi connectivity index (χ3v) is 3.53. The minimum absolute atomic E-state index is 0.123. The maximum atomic E-state index is 11.7. The Morgan fingerprint density at radius 2 is 2.13 bits per heavy atom. The van der Waals surface area contributed by atoms with Gasteiger partial charge in [0, 0.05) is 17.4 Å². The summed E-state index contributed by atoms with van der Waals surface area (Å²) in [6.07, 6.45) is 1.94. The summed E-state index contributed by atoms with van der Waals surface area (Å²) in [5.74, 6) is 0. The van der Waals surface area contributed by atoms with Crippen LogP contribution in [0.15, 0.2) is 9.59 Å². The Morgan fingerprint density at radius 1 is 1.53 bits per heavy atom. The molecule has 1 rings (SSSR count). The van der Waals surface area contributed by atoms with E-state index in [2.05, 4.69) is 4.98 Å². The Morgan fingerprint density at radius 3 is 2.67 bits per heavy atom. The van der Waals surface area contributed by atoms with Crippen LogP contribution in [0.2, 0.25) is 5.15 Å². The molecule has 0 aromatic carbocycles. The van der Waals surface area contributed by atoms with Gasteiger partial charge in [-0.05, 0) is 13.2 Å². The van der Waals surface area contributed by atoms with Crippen LogP contribution in [0.1, 0.15) is 12.5 Å². The number of H-pyrrole nitrogens is 1. The average molecular weight is 249 g/mol. The van der Waals surface area contributed by atoms with E-state index in [0.29, 0.717) is 12.1 Å². The largest absolute Gasteiger partial charge is 0.329 e. The zero-order valence-corrected chi connectivity index (χ0v) is 10.4. The molecule has 6 heteroatoms. The van der Waals surface area contributed by atoms with Gasteiger partial charge >= 0.3 is 5.69 Å². The molecule has 1 atom stereocenters. The average Bonchev–Trinajstić information content (AvgIpc) is 2.21. The van der Waals surface area contributed by atoms with Crippen molar-refractivity contribution >= 4 is 23.4 Å². The molecule has 1 aromatic rings. The van der Waals surface area contributed by atoms with Gasteiger partial charge in [-0.1, -0.05) is 18.5 Å². The molecule has 15 heavy (non-hydrogen) atoms. The van der Waals surface area contributed by atoms with Crippen LogP contribution in [0.25, 0.3) is 0 Å². The highest BCUT2D eigenvalue weighted by molar-refractivity contribution is 7.99. The molecule has 1 aromatic heterocycles. The first kappa shape index (κ1) is 12.4. The first-order chi connectivity index (χ1) is 6.97. The molecular formula is C9H13ClN2O2S. The molecule has 84 valence electrons. The molecular weight excluding hydrogens is 236 g/mol. The van der Waals surface area contributed by atoms with E-state index in [4.69, 9.17) is 11.6 Å². The van der Waals surface area contributed by atoms with Crippen molar-refractivity contribution in [3.63, 3.8) is 0 Å². The number of thioether (sulfide) groups is 1. The fraction of sp³-hybridized carbons (Fsp3) is 0.556. The van der Waals surface area contributed by atoms with Crippen LogP contribution < -0.4 is 11.2 Å². The van der Waals surface area contributed by atoms with E-state index in [1.54, 1.807) is 18.7 Å². The Kier molecular flexibility index (Phi) is 4.04. The maximum Gasteiger partial charge on any atom is 0.329 e. The molecule has 1 N–H and O–H groups in total. The number of hydrogen-bond acceptors (Lipinski definition) is 3. The van der Waals surface area contributed by atoms with Gasteiger partial charge in [0.15, 0.2) is 0 Å². The highest BCUT2D eigenvalue weighted by Gasteiger charge is 2.10. The lowest BCUT2D eigenvalue weighted by molar-refractivity contribution is 0.621. The van der Waals surface area contributed by atoms with E-state index in [1.807, 2.05) is 13.2 Å². The van der Waals surface area contributed by atoms with Crippen molar-refractivity contribution in [1.82, 2.24) is 9.55 Å². The molecule has 0 aliphatic heterocycles. The lowest BCUT2D eigenvalue weighted by atomic mass is 10.3. The summed E-state index contributed by atoms with van der Waals surface area (Å²) in [6, 6.07) is 0. The number of aromatic nitrogens is 2. The van der Waals surface area contributed by atoms with Crippen LogP contribution in [0.5, 0.6) is 0 Å². The molecule has 0 aliphatic rings. The molecule has 0 amide bonds. The summed E-state index contributed by atoms with van der Waals surface area (Å²) < 4.78 is 1.18. The van der Waals surface area contributed by atoms with E-state index in [9.17, 15) is 9.59 Å². The van der Waals surface area contributed by atoms with Crippen LogP contribution in [0.3, 0.4) is 0 Å². The Hall–Kier alpha value is -0.680. The Bertz CT molecular complexity index is 466. The smallest absolute Gasteiger partial charge is 0.297 e. The van der Waals surface area contributed by atoms with E-state index >= 15 is 0 Å². The second kappa shape index (κ2) is 4.90. The first-order valence-electron chi connectivity index (χ1n) is 4.49. The predicted octanol–water partition coefficient (Wildman–Crippen LogP) is 1.25. The van der Waals surface area contributed by atoms with E-state index in [1.165, 1.54) is 4.57 Å². The lowest BCUT2D eigenvalue weighted by Gasteiger charge is -2.10. The number of halogens is 1. The number of aromatic amines is 1. The molecule has 1 heterocycles. The Balaban J connectivity index is 3.25. The summed E-state index contributed by atoms with van der Waals surface area (Å²) in [7, 11) is 0. The van der Waals surface area contributed by atoms with Crippen LogP contribution in [0.4, 0.5) is 0 Å². The standard InChI is InChI=1S/C9H13ClN2O2S/c1-5(15-3)4-12-8(13)6(2)7(10)11-9(12)14/h5H,4H2,1-3H3,(H,11,14). The highest BCUT2D eigenvalue weighted by atomic mass is 35.5. The molecule has 4 nitrogen and oxygen atoms in total. The number of nitrogens with one attached hydrogen (secondary N) is 1. The number of rotatable bonds is 3. The van der Waals surface area contributed by atoms with E-state index in [-0.39, 0.29) is 16.0 Å². The normalized spacial score (nSPS) is 12.8. The van der Waals surface area contributed by atoms with Crippen molar-refractivity contribution in [1.29, 1.82) is 0 Å². The minimum atomic E-state index is -0.448. The maximum absolute atomic E-state index is 11.7. The zero-order chi connectivity index (χ0) is 11.6. The second-order valence-electron chi connectivity index (χ2n) is 3.33. The molecule has 0 bridgehead atoms. The van der Waals surface area contributed by atoms with Gasteiger partial charge in [0.25, 0.3) is 5.56 Å². The van der Waals surface area contributed by atoms with Crippen LogP contribution in [-0.2, 0) is 6.54 Å². The van der Waals surface area contributed by atoms with Crippen molar-refractivity contribution in [2.45, 2.75) is 25.6 Å². The summed E-state index contributed by atoms with van der Waals surface area (Å²) in [5, 5.41) is 0.336. The third-order valence-electron chi connectivity index (χ3n) is 2.20. The Labute approximate surface area is 96.7 Å². The van der Waals surface area contributed by atoms with Crippen LogP contribution in [-0.4, -0.2) is 21.1 Å². The second-order valence-corrected chi connectivity index (χ2v) is 4.99. The molecule has 0 aliphatic carbocycles. The number of hydrogen-bond donors (Lipinski definition) is 1. The monoisotopic (exact) mass is 248 g/mol. The van der Waals surface area contributed by atoms with Gasteiger partial charge in [0.1, 0.15) is 5.15 Å².